The van der Waals surface area contributed by atoms with E-state index in [1.54, 1.807) is 6.07 Å². The van der Waals surface area contributed by atoms with Crippen LogP contribution in [0.2, 0.25) is 0 Å². The third-order valence-electron chi connectivity index (χ3n) is 2.51. The number of nitrogens with zero attached hydrogens (tertiary/aromatic N) is 1. The number of hydrogen-bond donors (Lipinski definition) is 2. The lowest BCUT2D eigenvalue weighted by Gasteiger charge is -2.09. The van der Waals surface area contributed by atoms with Crippen LogP contribution in [-0.2, 0) is 9.59 Å². The molecule has 0 spiro atoms. The number of carbonyl (C=O) groups is 3. The maximum atomic E-state index is 11.8. The van der Waals surface area contributed by atoms with Crippen molar-refractivity contribution < 1.29 is 19.5 Å². The van der Waals surface area contributed by atoms with Gasteiger partial charge < -0.3 is 21.0 Å². The molecule has 20 heavy (non-hydrogen) atoms. The van der Waals surface area contributed by atoms with E-state index in [2.05, 4.69) is 10.3 Å². The average molecular weight is 292 g/mol. The first-order valence-electron chi connectivity index (χ1n) is 5.61. The minimum atomic E-state index is -1.33. The third kappa shape index (κ3) is 3.35. The molecule has 3 N–H and O–H groups in total. The quantitative estimate of drug-likeness (QED) is 0.758. The van der Waals surface area contributed by atoms with E-state index in [9.17, 15) is 19.5 Å². The fourth-order valence-electron chi connectivity index (χ4n) is 1.64. The molecule has 0 radical (unpaired) electrons. The number of thioether (sulfide) groups is 1. The van der Waals surface area contributed by atoms with Crippen LogP contribution in [0.15, 0.2) is 29.3 Å². The molecule has 0 bridgehead atoms. The lowest BCUT2D eigenvalue weighted by Crippen LogP contribution is -2.23. The molecular formula is C12H10N3O4S-. The number of benzene rings is 1. The van der Waals surface area contributed by atoms with Crippen molar-refractivity contribution in [2.75, 3.05) is 5.32 Å². The molecular weight excluding hydrogens is 282 g/mol. The van der Waals surface area contributed by atoms with E-state index in [1.807, 2.05) is 0 Å². The van der Waals surface area contributed by atoms with E-state index in [-0.39, 0.29) is 17.2 Å². The molecule has 0 aromatic heterocycles. The molecule has 104 valence electrons. The van der Waals surface area contributed by atoms with Gasteiger partial charge in [-0.1, -0.05) is 23.9 Å². The average Bonchev–Trinajstić information content (AvgIpc) is 2.67. The van der Waals surface area contributed by atoms with E-state index < -0.39 is 23.0 Å². The molecule has 8 heteroatoms. The van der Waals surface area contributed by atoms with Gasteiger partial charge in [0, 0.05) is 12.1 Å². The normalized spacial score (nSPS) is 17.7. The van der Waals surface area contributed by atoms with Crippen LogP contribution in [0.3, 0.4) is 0 Å². The second-order valence-electron chi connectivity index (χ2n) is 4.02. The minimum absolute atomic E-state index is 0.0401. The fourth-order valence-corrected chi connectivity index (χ4v) is 2.46. The van der Waals surface area contributed by atoms with Gasteiger partial charge >= 0.3 is 0 Å². The molecule has 0 fully saturated rings. The molecule has 0 saturated heterocycles. The number of carbonyl (C=O) groups excluding carboxylic acids is 3. The van der Waals surface area contributed by atoms with Gasteiger partial charge in [0.15, 0.2) is 5.17 Å². The summed E-state index contributed by atoms with van der Waals surface area (Å²) in [4.78, 5) is 37.3. The summed E-state index contributed by atoms with van der Waals surface area (Å²) in [6.45, 7) is 0. The van der Waals surface area contributed by atoms with Gasteiger partial charge in [0.25, 0.3) is 5.91 Å². The summed E-state index contributed by atoms with van der Waals surface area (Å²) in [5.74, 6) is -2.19. The number of hydrogen-bond acceptors (Lipinski definition) is 6. The maximum absolute atomic E-state index is 11.8. The Kier molecular flexibility index (Phi) is 4.04. The van der Waals surface area contributed by atoms with Crippen molar-refractivity contribution in [2.24, 2.45) is 10.7 Å². The molecule has 1 aromatic rings. The Balaban J connectivity index is 1.97. The van der Waals surface area contributed by atoms with Crippen LogP contribution in [0.1, 0.15) is 16.8 Å². The monoisotopic (exact) mass is 292 g/mol. The zero-order valence-electron chi connectivity index (χ0n) is 10.2. The number of carboxylic acid groups (broad SMARTS) is 1. The number of nitrogens with one attached hydrogen (secondary N) is 1. The second kappa shape index (κ2) is 5.74. The van der Waals surface area contributed by atoms with Gasteiger partial charge in [-0.05, 0) is 17.7 Å². The Morgan fingerprint density at radius 2 is 2.20 bits per heavy atom. The summed E-state index contributed by atoms with van der Waals surface area (Å²) >= 11 is 1.03. The molecule has 1 heterocycles. The Bertz CT molecular complexity index is 614. The van der Waals surface area contributed by atoms with Gasteiger partial charge in [0.1, 0.15) is 5.25 Å². The van der Waals surface area contributed by atoms with Crippen molar-refractivity contribution in [1.29, 1.82) is 0 Å². The maximum Gasteiger partial charge on any atom is 0.262 e. The first-order chi connectivity index (χ1) is 9.45. The van der Waals surface area contributed by atoms with Crippen LogP contribution in [0.5, 0.6) is 0 Å². The van der Waals surface area contributed by atoms with E-state index >= 15 is 0 Å². The molecule has 0 aliphatic carbocycles. The van der Waals surface area contributed by atoms with Crippen molar-refractivity contribution in [3.05, 3.63) is 29.8 Å². The van der Waals surface area contributed by atoms with Gasteiger partial charge in [-0.15, -0.1) is 0 Å². The Morgan fingerprint density at radius 1 is 1.45 bits per heavy atom. The minimum Gasteiger partial charge on any atom is -0.545 e. The number of carboxylic acids is 1. The molecule has 2 amide bonds. The smallest absolute Gasteiger partial charge is 0.262 e. The van der Waals surface area contributed by atoms with Crippen molar-refractivity contribution in [2.45, 2.75) is 11.7 Å². The summed E-state index contributed by atoms with van der Waals surface area (Å²) in [5, 5.41) is 12.7. The highest BCUT2D eigenvalue weighted by Crippen LogP contribution is 2.23. The van der Waals surface area contributed by atoms with Gasteiger partial charge in [0.2, 0.25) is 5.91 Å². The van der Waals surface area contributed by atoms with Gasteiger partial charge in [0.05, 0.1) is 5.97 Å². The highest BCUT2D eigenvalue weighted by Gasteiger charge is 2.29. The molecule has 7 nitrogen and oxygen atoms in total. The topological polar surface area (TPSA) is 125 Å². The van der Waals surface area contributed by atoms with E-state index in [0.717, 1.165) is 11.8 Å². The van der Waals surface area contributed by atoms with Crippen molar-refractivity contribution in [1.82, 2.24) is 0 Å². The SMILES string of the molecule is NC1=NC(=O)[C@H](CC(=O)Nc2cccc(C(=O)[O-])c2)S1. The molecule has 1 aliphatic rings. The van der Waals surface area contributed by atoms with Gasteiger partial charge in [-0.2, -0.15) is 4.99 Å². The van der Waals surface area contributed by atoms with Crippen LogP contribution in [0.4, 0.5) is 5.69 Å². The summed E-state index contributed by atoms with van der Waals surface area (Å²) < 4.78 is 0. The Hall–Kier alpha value is -2.35. The van der Waals surface area contributed by atoms with E-state index in [4.69, 9.17) is 5.73 Å². The summed E-state index contributed by atoms with van der Waals surface area (Å²) in [6, 6.07) is 5.66. The standard InChI is InChI=1S/C12H11N3O4S/c13-12-15-10(17)8(20-12)5-9(16)14-7-3-1-2-6(4-7)11(18)19/h1-4,8H,5H2,(H,14,16)(H,18,19)(H2,13,15,17)/p-1/t8-/m0/s1. The van der Waals surface area contributed by atoms with Crippen molar-refractivity contribution in [3.8, 4) is 0 Å². The number of aliphatic imine (C=N–C) groups is 1. The van der Waals surface area contributed by atoms with Crippen LogP contribution in [0, 0.1) is 0 Å². The number of nitrogens with two attached hydrogens (primary N) is 1. The number of amides is 2. The van der Waals surface area contributed by atoms with Crippen LogP contribution >= 0.6 is 11.8 Å². The third-order valence-corrected chi connectivity index (χ3v) is 3.50. The van der Waals surface area contributed by atoms with E-state index in [0.29, 0.717) is 5.69 Å². The molecule has 1 atom stereocenters. The highest BCUT2D eigenvalue weighted by molar-refractivity contribution is 8.15. The van der Waals surface area contributed by atoms with Crippen LogP contribution < -0.4 is 16.2 Å². The lowest BCUT2D eigenvalue weighted by atomic mass is 10.2. The van der Waals surface area contributed by atoms with Crippen molar-refractivity contribution >= 4 is 40.4 Å². The largest absolute Gasteiger partial charge is 0.545 e. The van der Waals surface area contributed by atoms with Gasteiger partial charge in [-0.25, -0.2) is 0 Å². The second-order valence-corrected chi connectivity index (χ2v) is 5.24. The first kappa shape index (κ1) is 14.1. The van der Waals surface area contributed by atoms with Crippen LogP contribution in [0.25, 0.3) is 0 Å². The zero-order chi connectivity index (χ0) is 14.7. The number of anilines is 1. The van der Waals surface area contributed by atoms with E-state index in [1.165, 1.54) is 18.2 Å². The zero-order valence-corrected chi connectivity index (χ0v) is 11.0. The highest BCUT2D eigenvalue weighted by atomic mass is 32.2. The lowest BCUT2D eigenvalue weighted by molar-refractivity contribution is -0.255. The summed E-state index contributed by atoms with van der Waals surface area (Å²) in [5.41, 5.74) is 5.67. The number of aromatic carboxylic acids is 1. The molecule has 1 aromatic carbocycles. The Labute approximate surface area is 118 Å². The fraction of sp³-hybridized carbons (Fsp3) is 0.167. The molecule has 0 saturated carbocycles. The number of rotatable bonds is 4. The Morgan fingerprint density at radius 3 is 2.80 bits per heavy atom. The molecule has 0 unspecified atom stereocenters. The summed E-state index contributed by atoms with van der Waals surface area (Å²) in [7, 11) is 0. The van der Waals surface area contributed by atoms with Gasteiger partial charge in [-0.3, -0.25) is 9.59 Å². The first-order valence-corrected chi connectivity index (χ1v) is 6.49. The molecule has 1 aliphatic heterocycles. The molecule has 2 rings (SSSR count). The van der Waals surface area contributed by atoms with Crippen LogP contribution in [-0.4, -0.2) is 28.2 Å². The predicted octanol–water partition coefficient (Wildman–Crippen LogP) is -0.665. The van der Waals surface area contributed by atoms with Crippen molar-refractivity contribution in [3.63, 3.8) is 0 Å². The summed E-state index contributed by atoms with van der Waals surface area (Å²) in [6.07, 6.45) is -0.0801. The number of amidine groups is 1. The predicted molar refractivity (Wildman–Crippen MR) is 72.0 cm³/mol.